The molecule has 118 valence electrons. The minimum absolute atomic E-state index is 0.237. The molecule has 0 radical (unpaired) electrons. The topological polar surface area (TPSA) is 24.9 Å². The number of halogens is 5. The van der Waals surface area contributed by atoms with E-state index in [0.717, 1.165) is 11.5 Å². The molecule has 23 heavy (non-hydrogen) atoms. The van der Waals surface area contributed by atoms with E-state index in [9.17, 15) is 13.2 Å². The Balaban J connectivity index is 1.98. The van der Waals surface area contributed by atoms with Gasteiger partial charge in [0.2, 0.25) is 0 Å². The standard InChI is InChI=1S/C16H9Cl2F3N2/c17-12-6-5-10(8-11(12)16(19,20)21)22-14-7-4-9-2-1-3-13(18)15(9)23-14/h1-8H,(H,22,23). The molecule has 3 rings (SSSR count). The summed E-state index contributed by atoms with van der Waals surface area (Å²) in [6, 6.07) is 12.4. The van der Waals surface area contributed by atoms with E-state index in [-0.39, 0.29) is 10.7 Å². The lowest BCUT2D eigenvalue weighted by molar-refractivity contribution is -0.137. The lowest BCUT2D eigenvalue weighted by atomic mass is 10.2. The fraction of sp³-hybridized carbons (Fsp3) is 0.0625. The van der Waals surface area contributed by atoms with Crippen LogP contribution in [0.2, 0.25) is 10.0 Å². The van der Waals surface area contributed by atoms with E-state index in [2.05, 4.69) is 10.3 Å². The number of para-hydroxylation sites is 1. The second-order valence-corrected chi connectivity index (χ2v) is 5.64. The van der Waals surface area contributed by atoms with Crippen molar-refractivity contribution < 1.29 is 13.2 Å². The molecule has 0 saturated carbocycles. The van der Waals surface area contributed by atoms with Crippen LogP contribution in [0.25, 0.3) is 10.9 Å². The van der Waals surface area contributed by atoms with Crippen molar-refractivity contribution in [2.75, 3.05) is 5.32 Å². The minimum atomic E-state index is -4.52. The molecule has 0 unspecified atom stereocenters. The largest absolute Gasteiger partial charge is 0.417 e. The van der Waals surface area contributed by atoms with Crippen LogP contribution in [0.4, 0.5) is 24.7 Å². The highest BCUT2D eigenvalue weighted by Gasteiger charge is 2.33. The molecule has 7 heteroatoms. The Hall–Kier alpha value is -1.98. The third kappa shape index (κ3) is 3.35. The maximum Gasteiger partial charge on any atom is 0.417 e. The molecule has 1 aromatic heterocycles. The van der Waals surface area contributed by atoms with Crippen molar-refractivity contribution in [3.8, 4) is 0 Å². The Bertz CT molecular complexity index is 879. The van der Waals surface area contributed by atoms with E-state index >= 15 is 0 Å². The maximum absolute atomic E-state index is 12.9. The lowest BCUT2D eigenvalue weighted by Crippen LogP contribution is -2.06. The SMILES string of the molecule is FC(F)(F)c1cc(Nc2ccc3cccc(Cl)c3n2)ccc1Cl. The van der Waals surface area contributed by atoms with Gasteiger partial charge in [-0.2, -0.15) is 13.2 Å². The molecule has 0 spiro atoms. The average molecular weight is 357 g/mol. The number of pyridine rings is 1. The fourth-order valence-electron chi connectivity index (χ4n) is 2.15. The first-order valence-electron chi connectivity index (χ1n) is 6.53. The first kappa shape index (κ1) is 15.9. The van der Waals surface area contributed by atoms with Crippen molar-refractivity contribution in [3.05, 3.63) is 64.1 Å². The van der Waals surface area contributed by atoms with Gasteiger partial charge in [0.05, 0.1) is 21.1 Å². The zero-order valence-electron chi connectivity index (χ0n) is 11.5. The molecule has 2 aromatic carbocycles. The number of nitrogens with zero attached hydrogens (tertiary/aromatic N) is 1. The second-order valence-electron chi connectivity index (χ2n) is 4.83. The van der Waals surface area contributed by atoms with Crippen LogP contribution in [-0.2, 0) is 6.18 Å². The summed E-state index contributed by atoms with van der Waals surface area (Å²) in [5, 5.41) is 3.80. The van der Waals surface area contributed by atoms with Gasteiger partial charge in [0.15, 0.2) is 0 Å². The molecular formula is C16H9Cl2F3N2. The fourth-order valence-corrected chi connectivity index (χ4v) is 2.60. The van der Waals surface area contributed by atoms with Crippen molar-refractivity contribution in [1.82, 2.24) is 4.98 Å². The predicted octanol–water partition coefficient (Wildman–Crippen LogP) is 6.30. The Labute approximate surface area is 139 Å². The number of anilines is 2. The third-order valence-corrected chi connectivity index (χ3v) is 3.85. The Kier molecular flexibility index (Phi) is 4.08. The monoisotopic (exact) mass is 356 g/mol. The number of alkyl halides is 3. The van der Waals surface area contributed by atoms with E-state index in [1.54, 1.807) is 24.3 Å². The highest BCUT2D eigenvalue weighted by molar-refractivity contribution is 6.35. The number of aromatic nitrogens is 1. The second kappa shape index (κ2) is 5.91. The highest BCUT2D eigenvalue weighted by atomic mass is 35.5. The van der Waals surface area contributed by atoms with Gasteiger partial charge in [-0.15, -0.1) is 0 Å². The summed E-state index contributed by atoms with van der Waals surface area (Å²) in [5.41, 5.74) is -0.0900. The molecule has 0 aliphatic heterocycles. The quantitative estimate of drug-likeness (QED) is 0.582. The first-order chi connectivity index (χ1) is 10.8. The summed E-state index contributed by atoms with van der Waals surface area (Å²) >= 11 is 11.7. The summed E-state index contributed by atoms with van der Waals surface area (Å²) in [6.07, 6.45) is -4.52. The van der Waals surface area contributed by atoms with Crippen molar-refractivity contribution in [2.24, 2.45) is 0 Å². The molecule has 0 amide bonds. The van der Waals surface area contributed by atoms with Gasteiger partial charge in [-0.25, -0.2) is 4.98 Å². The minimum Gasteiger partial charge on any atom is -0.340 e. The molecule has 0 aliphatic carbocycles. The third-order valence-electron chi connectivity index (χ3n) is 3.22. The van der Waals surface area contributed by atoms with Crippen LogP contribution in [0.1, 0.15) is 5.56 Å². The number of benzene rings is 2. The van der Waals surface area contributed by atoms with Crippen molar-refractivity contribution in [1.29, 1.82) is 0 Å². The summed E-state index contributed by atoms with van der Waals surface area (Å²) < 4.78 is 38.7. The summed E-state index contributed by atoms with van der Waals surface area (Å²) in [6.45, 7) is 0. The van der Waals surface area contributed by atoms with Crippen LogP contribution < -0.4 is 5.32 Å². The molecule has 1 heterocycles. The number of hydrogen-bond acceptors (Lipinski definition) is 2. The number of rotatable bonds is 2. The molecule has 2 nitrogen and oxygen atoms in total. The van der Waals surface area contributed by atoms with Crippen molar-refractivity contribution in [3.63, 3.8) is 0 Å². The normalized spacial score (nSPS) is 11.7. The van der Waals surface area contributed by atoms with E-state index in [1.165, 1.54) is 12.1 Å². The van der Waals surface area contributed by atoms with Gasteiger partial charge < -0.3 is 5.32 Å². The molecule has 0 fully saturated rings. The van der Waals surface area contributed by atoms with E-state index < -0.39 is 11.7 Å². The molecule has 3 aromatic rings. The Morgan fingerprint density at radius 2 is 1.70 bits per heavy atom. The summed E-state index contributed by atoms with van der Waals surface area (Å²) in [5.74, 6) is 0.390. The van der Waals surface area contributed by atoms with E-state index in [1.807, 2.05) is 6.07 Å². The van der Waals surface area contributed by atoms with Crippen LogP contribution in [0.5, 0.6) is 0 Å². The van der Waals surface area contributed by atoms with Crippen molar-refractivity contribution in [2.45, 2.75) is 6.18 Å². The zero-order chi connectivity index (χ0) is 16.6. The summed E-state index contributed by atoms with van der Waals surface area (Å²) in [7, 11) is 0. The van der Waals surface area contributed by atoms with E-state index in [4.69, 9.17) is 23.2 Å². The molecule has 0 saturated heterocycles. The average Bonchev–Trinajstić information content (AvgIpc) is 2.49. The molecule has 0 aliphatic rings. The maximum atomic E-state index is 12.9. The number of nitrogens with one attached hydrogen (secondary N) is 1. The molecule has 0 atom stereocenters. The molecular weight excluding hydrogens is 348 g/mol. The smallest absolute Gasteiger partial charge is 0.340 e. The highest BCUT2D eigenvalue weighted by Crippen LogP contribution is 2.36. The number of hydrogen-bond donors (Lipinski definition) is 1. The van der Waals surface area contributed by atoms with Crippen LogP contribution in [-0.4, -0.2) is 4.98 Å². The summed E-state index contributed by atoms with van der Waals surface area (Å²) in [4.78, 5) is 4.33. The van der Waals surface area contributed by atoms with Crippen LogP contribution in [0, 0.1) is 0 Å². The lowest BCUT2D eigenvalue weighted by Gasteiger charge is -2.12. The Morgan fingerprint density at radius 1 is 0.913 bits per heavy atom. The van der Waals surface area contributed by atoms with Gasteiger partial charge in [-0.05, 0) is 36.4 Å². The van der Waals surface area contributed by atoms with Crippen LogP contribution >= 0.6 is 23.2 Å². The van der Waals surface area contributed by atoms with E-state index in [0.29, 0.717) is 16.4 Å². The van der Waals surface area contributed by atoms with Gasteiger partial charge in [-0.1, -0.05) is 35.3 Å². The van der Waals surface area contributed by atoms with Gasteiger partial charge in [0, 0.05) is 11.1 Å². The first-order valence-corrected chi connectivity index (χ1v) is 7.29. The molecule has 1 N–H and O–H groups in total. The zero-order valence-corrected chi connectivity index (χ0v) is 13.0. The van der Waals surface area contributed by atoms with Gasteiger partial charge in [0.1, 0.15) is 5.82 Å². The number of fused-ring (bicyclic) bond motifs is 1. The van der Waals surface area contributed by atoms with Crippen LogP contribution in [0.15, 0.2) is 48.5 Å². The predicted molar refractivity (Wildman–Crippen MR) is 86.5 cm³/mol. The van der Waals surface area contributed by atoms with Crippen LogP contribution in [0.3, 0.4) is 0 Å². The van der Waals surface area contributed by atoms with Crippen molar-refractivity contribution >= 4 is 45.6 Å². The molecule has 0 bridgehead atoms. The van der Waals surface area contributed by atoms with Gasteiger partial charge >= 0.3 is 6.18 Å². The Morgan fingerprint density at radius 3 is 2.43 bits per heavy atom. The van der Waals surface area contributed by atoms with Gasteiger partial charge in [0.25, 0.3) is 0 Å². The van der Waals surface area contributed by atoms with Gasteiger partial charge in [-0.3, -0.25) is 0 Å².